The van der Waals surface area contributed by atoms with Crippen molar-refractivity contribution in [1.82, 2.24) is 0 Å². The fourth-order valence-electron chi connectivity index (χ4n) is 1.14. The van der Waals surface area contributed by atoms with Crippen molar-refractivity contribution in [3.05, 3.63) is 18.2 Å². The zero-order valence-electron chi connectivity index (χ0n) is 10.8. The molecule has 1 unspecified atom stereocenters. The average Bonchev–Trinajstić information content (AvgIpc) is 2.15. The van der Waals surface area contributed by atoms with Crippen molar-refractivity contribution in [3.63, 3.8) is 0 Å². The normalized spacial score (nSPS) is 13.2. The Morgan fingerprint density at radius 1 is 1.25 bits per heavy atom. The molecule has 1 atom stereocenters. The molecule has 0 heterocycles. The maximum absolute atomic E-state index is 11.1. The first-order valence-corrected chi connectivity index (χ1v) is 9.37. The van der Waals surface area contributed by atoms with Crippen LogP contribution in [0, 0.1) is 0 Å². The number of anilines is 1. The first-order chi connectivity index (χ1) is 8.49. The molecule has 0 aliphatic carbocycles. The molecule has 0 bridgehead atoms. The molecule has 108 valence electrons. The van der Waals surface area contributed by atoms with Gasteiger partial charge in [-0.2, -0.15) is 0 Å². The van der Waals surface area contributed by atoms with Gasteiger partial charge in [0.2, 0.25) is 21.1 Å². The topological polar surface area (TPSA) is 130 Å². The predicted octanol–water partition coefficient (Wildman–Crippen LogP) is -3.36. The molecule has 1 aromatic carbocycles. The van der Waals surface area contributed by atoms with Crippen LogP contribution < -0.4 is 27.8 Å². The van der Waals surface area contributed by atoms with E-state index in [0.29, 0.717) is 0 Å². The van der Waals surface area contributed by atoms with Crippen molar-refractivity contribution in [2.24, 2.45) is 0 Å². The van der Waals surface area contributed by atoms with Crippen LogP contribution >= 0.6 is 0 Å². The number of sulfonamides is 1. The van der Waals surface area contributed by atoms with Crippen LogP contribution in [-0.4, -0.2) is 38.1 Å². The van der Waals surface area contributed by atoms with Gasteiger partial charge < -0.3 is 8.74 Å². The third-order valence-electron chi connectivity index (χ3n) is 1.74. The van der Waals surface area contributed by atoms with E-state index in [4.69, 9.17) is 4.18 Å². The molecule has 0 saturated carbocycles. The van der Waals surface area contributed by atoms with Gasteiger partial charge in [0.1, 0.15) is 10.1 Å². The van der Waals surface area contributed by atoms with Crippen LogP contribution in [0.15, 0.2) is 23.1 Å². The monoisotopic (exact) mass is 335 g/mol. The van der Waals surface area contributed by atoms with Crippen molar-refractivity contribution < 1.29 is 48.6 Å². The van der Waals surface area contributed by atoms with Gasteiger partial charge in [0, 0.05) is 12.3 Å². The van der Waals surface area contributed by atoms with E-state index in [1.165, 1.54) is 0 Å². The maximum atomic E-state index is 11.1. The summed E-state index contributed by atoms with van der Waals surface area (Å²) in [7, 11) is -8.37. The second kappa shape index (κ2) is 6.93. The summed E-state index contributed by atoms with van der Waals surface area (Å²) >= 11 is -1.82. The molecule has 12 heteroatoms. The molecular formula is C8H10LiNO7S3. The van der Waals surface area contributed by atoms with Crippen LogP contribution in [0.1, 0.15) is 0 Å². The van der Waals surface area contributed by atoms with Crippen molar-refractivity contribution in [1.29, 1.82) is 0 Å². The average molecular weight is 335 g/mol. The maximum Gasteiger partial charge on any atom is 1.00 e. The van der Waals surface area contributed by atoms with Crippen molar-refractivity contribution in [2.75, 3.05) is 17.2 Å². The van der Waals surface area contributed by atoms with Gasteiger partial charge in [-0.05, 0) is 12.1 Å². The first-order valence-electron chi connectivity index (χ1n) is 4.58. The number of hydrogen-bond donors (Lipinski definition) is 1. The number of nitrogens with one attached hydrogen (secondary N) is 1. The summed E-state index contributed by atoms with van der Waals surface area (Å²) in [4.78, 5) is -0.619. The number of hydrogen-bond acceptors (Lipinski definition) is 7. The molecule has 20 heavy (non-hydrogen) atoms. The molecule has 0 aliphatic rings. The van der Waals surface area contributed by atoms with Crippen LogP contribution in [0.25, 0.3) is 0 Å². The molecule has 1 rings (SSSR count). The SMILES string of the molecule is CS(=O)Oc1cc(S(=O)(=O)[O-])ccc1NS(C)(=O)=O.[Li+]. The Bertz CT molecular complexity index is 714. The minimum atomic E-state index is -4.73. The van der Waals surface area contributed by atoms with Gasteiger partial charge in [-0.15, -0.1) is 0 Å². The summed E-state index contributed by atoms with van der Waals surface area (Å²) in [6.07, 6.45) is 2.03. The van der Waals surface area contributed by atoms with Gasteiger partial charge in [0.25, 0.3) is 0 Å². The summed E-state index contributed by atoms with van der Waals surface area (Å²) < 4.78 is 72.5. The van der Waals surface area contributed by atoms with Gasteiger partial charge in [0.15, 0.2) is 5.75 Å². The van der Waals surface area contributed by atoms with Crippen LogP contribution in [-0.2, 0) is 31.2 Å². The third kappa shape index (κ3) is 6.25. The quantitative estimate of drug-likeness (QED) is 0.439. The second-order valence-electron chi connectivity index (χ2n) is 3.47. The van der Waals surface area contributed by atoms with E-state index in [2.05, 4.69) is 0 Å². The Morgan fingerprint density at radius 2 is 1.80 bits per heavy atom. The Hall–Kier alpha value is -0.573. The molecule has 8 nitrogen and oxygen atoms in total. The first kappa shape index (κ1) is 19.4. The molecule has 0 aliphatic heterocycles. The van der Waals surface area contributed by atoms with Crippen LogP contribution in [0.4, 0.5) is 5.69 Å². The molecule has 0 radical (unpaired) electrons. The van der Waals surface area contributed by atoms with Gasteiger partial charge in [-0.3, -0.25) is 4.72 Å². The fraction of sp³-hybridized carbons (Fsp3) is 0.250. The van der Waals surface area contributed by atoms with Crippen molar-refractivity contribution >= 4 is 36.9 Å². The fourth-order valence-corrected chi connectivity index (χ4v) is 2.58. The van der Waals surface area contributed by atoms with Gasteiger partial charge in [-0.1, -0.05) is 0 Å². The second-order valence-corrected chi connectivity index (χ2v) is 7.57. The van der Waals surface area contributed by atoms with E-state index in [1.54, 1.807) is 0 Å². The molecule has 1 N–H and O–H groups in total. The predicted molar refractivity (Wildman–Crippen MR) is 67.6 cm³/mol. The summed E-state index contributed by atoms with van der Waals surface area (Å²) in [6, 6.07) is 2.76. The van der Waals surface area contributed by atoms with Crippen LogP contribution in [0.3, 0.4) is 0 Å². The summed E-state index contributed by atoms with van der Waals surface area (Å²) in [6.45, 7) is 0. The van der Waals surface area contributed by atoms with E-state index in [1.807, 2.05) is 4.72 Å². The molecule has 0 amide bonds. The van der Waals surface area contributed by atoms with Crippen LogP contribution in [0.2, 0.25) is 0 Å². The van der Waals surface area contributed by atoms with Crippen molar-refractivity contribution in [3.8, 4) is 5.75 Å². The summed E-state index contributed by atoms with van der Waals surface area (Å²) in [5, 5.41) is 0. The minimum Gasteiger partial charge on any atom is -0.744 e. The van der Waals surface area contributed by atoms with E-state index < -0.39 is 36.1 Å². The third-order valence-corrected chi connectivity index (χ3v) is 3.58. The molecule has 0 fully saturated rings. The zero-order valence-corrected chi connectivity index (χ0v) is 13.3. The van der Waals surface area contributed by atoms with E-state index in [0.717, 1.165) is 30.7 Å². The largest absolute Gasteiger partial charge is 1.00 e. The standard InChI is InChI=1S/C8H11NO7S3.Li/c1-17(10)16-8-5-6(19(13,14)15)3-4-7(8)9-18(2,11)12;/h3-5,9H,1-2H3,(H,13,14,15);/q;+1/p-1. The zero-order chi connectivity index (χ0) is 14.8. The molecular weight excluding hydrogens is 325 g/mol. The molecule has 0 aromatic heterocycles. The summed E-state index contributed by atoms with van der Waals surface area (Å²) in [5.74, 6) is -0.316. The van der Waals surface area contributed by atoms with Gasteiger partial charge in [0.05, 0.1) is 16.8 Å². The smallest absolute Gasteiger partial charge is 0.744 e. The Kier molecular flexibility index (Phi) is 6.73. The number of rotatable bonds is 5. The van der Waals surface area contributed by atoms with Crippen LogP contribution in [0.5, 0.6) is 5.75 Å². The van der Waals surface area contributed by atoms with Gasteiger partial charge >= 0.3 is 18.9 Å². The van der Waals surface area contributed by atoms with Crippen molar-refractivity contribution in [2.45, 2.75) is 4.90 Å². The Morgan fingerprint density at radius 3 is 2.20 bits per heavy atom. The number of benzene rings is 1. The summed E-state index contributed by atoms with van der Waals surface area (Å²) in [5.41, 5.74) is -0.120. The molecule has 0 saturated heterocycles. The van der Waals surface area contributed by atoms with E-state index in [-0.39, 0.29) is 30.3 Å². The van der Waals surface area contributed by atoms with E-state index >= 15 is 0 Å². The van der Waals surface area contributed by atoms with E-state index in [9.17, 15) is 25.6 Å². The molecule has 1 aromatic rings. The Labute approximate surface area is 131 Å². The minimum absolute atomic E-state index is 0. The molecule has 0 spiro atoms. The Balaban J connectivity index is 0.00000361. The van der Waals surface area contributed by atoms with Gasteiger partial charge in [-0.25, -0.2) is 21.0 Å².